The molecule has 0 unspecified atom stereocenters. The Hall–Kier alpha value is -2.94. The summed E-state index contributed by atoms with van der Waals surface area (Å²) in [5, 5.41) is 17.0. The van der Waals surface area contributed by atoms with Crippen molar-refractivity contribution in [3.63, 3.8) is 0 Å². The van der Waals surface area contributed by atoms with E-state index in [9.17, 15) is 19.1 Å². The summed E-state index contributed by atoms with van der Waals surface area (Å²) in [6, 6.07) is 5.44. The summed E-state index contributed by atoms with van der Waals surface area (Å²) in [6.07, 6.45) is 2.91. The second-order valence-electron chi connectivity index (χ2n) is 6.66. The van der Waals surface area contributed by atoms with Crippen LogP contribution in [-0.4, -0.2) is 64.4 Å². The van der Waals surface area contributed by atoms with E-state index in [1.54, 1.807) is 12.0 Å². The molecule has 3 rings (SSSR count). The van der Waals surface area contributed by atoms with Gasteiger partial charge in [-0.3, -0.25) is 9.59 Å². The number of likely N-dealkylation sites (tertiary alicyclic amines) is 1. The molecule has 1 aromatic carbocycles. The number of piperidine rings is 1. The van der Waals surface area contributed by atoms with Crippen LogP contribution < -0.4 is 5.32 Å². The molecule has 0 bridgehead atoms. The average Bonchev–Trinajstić information content (AvgIpc) is 3.09. The van der Waals surface area contributed by atoms with Gasteiger partial charge in [0.15, 0.2) is 11.4 Å². The van der Waals surface area contributed by atoms with Gasteiger partial charge in [-0.15, -0.1) is 0 Å². The van der Waals surface area contributed by atoms with Gasteiger partial charge >= 0.3 is 0 Å². The van der Waals surface area contributed by atoms with Gasteiger partial charge in [0.25, 0.3) is 5.91 Å². The topological polar surface area (TPSA) is 96.7 Å². The molecular weight excluding hydrogens is 367 g/mol. The van der Waals surface area contributed by atoms with Gasteiger partial charge in [0.1, 0.15) is 5.82 Å². The number of hydrogen-bond acceptors (Lipinski definition) is 5. The molecule has 0 atom stereocenters. The first kappa shape index (κ1) is 19.8. The van der Waals surface area contributed by atoms with Crippen molar-refractivity contribution in [1.82, 2.24) is 20.0 Å². The van der Waals surface area contributed by atoms with Crippen LogP contribution in [0.3, 0.4) is 0 Å². The monoisotopic (exact) mass is 390 g/mol. The zero-order valence-corrected chi connectivity index (χ0v) is 15.6. The molecule has 1 saturated heterocycles. The van der Waals surface area contributed by atoms with E-state index >= 15 is 0 Å². The van der Waals surface area contributed by atoms with Gasteiger partial charge in [-0.25, -0.2) is 9.07 Å². The lowest BCUT2D eigenvalue weighted by molar-refractivity contribution is -0.133. The minimum absolute atomic E-state index is 0.0438. The SMILES string of the molecule is COCCC(=O)N1CCC(NC(=O)c2nn(-c3ccc(F)cc3)cc2O)CC1. The molecule has 2 aromatic rings. The van der Waals surface area contributed by atoms with Crippen LogP contribution in [0, 0.1) is 5.82 Å². The van der Waals surface area contributed by atoms with E-state index in [1.165, 1.54) is 35.1 Å². The number of carbonyl (C=O) groups excluding carboxylic acids is 2. The van der Waals surface area contributed by atoms with Gasteiger partial charge in [0.05, 0.1) is 24.9 Å². The van der Waals surface area contributed by atoms with Crippen LogP contribution in [0.1, 0.15) is 29.8 Å². The summed E-state index contributed by atoms with van der Waals surface area (Å²) >= 11 is 0. The number of aromatic nitrogens is 2. The fraction of sp³-hybridized carbons (Fsp3) is 0.421. The van der Waals surface area contributed by atoms with Gasteiger partial charge in [-0.2, -0.15) is 5.10 Å². The maximum Gasteiger partial charge on any atom is 0.275 e. The molecule has 9 heteroatoms. The van der Waals surface area contributed by atoms with Gasteiger partial charge < -0.3 is 20.1 Å². The Labute approximate surface area is 161 Å². The predicted molar refractivity (Wildman–Crippen MR) is 98.7 cm³/mol. The molecule has 1 fully saturated rings. The van der Waals surface area contributed by atoms with E-state index in [0.29, 0.717) is 44.6 Å². The van der Waals surface area contributed by atoms with E-state index in [1.807, 2.05) is 0 Å². The van der Waals surface area contributed by atoms with Crippen molar-refractivity contribution in [3.05, 3.63) is 42.0 Å². The minimum atomic E-state index is -0.484. The molecule has 0 saturated carbocycles. The molecule has 1 aliphatic heterocycles. The first-order chi connectivity index (χ1) is 13.5. The Kier molecular flexibility index (Phi) is 6.25. The Morgan fingerprint density at radius 2 is 1.96 bits per heavy atom. The van der Waals surface area contributed by atoms with Crippen molar-refractivity contribution in [3.8, 4) is 11.4 Å². The van der Waals surface area contributed by atoms with E-state index in [2.05, 4.69) is 10.4 Å². The molecule has 2 N–H and O–H groups in total. The molecule has 2 amide bonds. The van der Waals surface area contributed by atoms with Crippen LogP contribution in [0.15, 0.2) is 30.5 Å². The maximum atomic E-state index is 13.0. The highest BCUT2D eigenvalue weighted by Crippen LogP contribution is 2.19. The Morgan fingerprint density at radius 3 is 2.61 bits per heavy atom. The Balaban J connectivity index is 1.57. The van der Waals surface area contributed by atoms with Crippen molar-refractivity contribution in [1.29, 1.82) is 0 Å². The standard InChI is InChI=1S/C19H23FN4O4/c1-28-11-8-17(26)23-9-6-14(7-10-23)21-19(27)18-16(25)12-24(22-18)15-4-2-13(20)3-5-15/h2-5,12,14,25H,6-11H2,1H3,(H,21,27). The van der Waals surface area contributed by atoms with Crippen molar-refractivity contribution in [2.45, 2.75) is 25.3 Å². The summed E-state index contributed by atoms with van der Waals surface area (Å²) in [4.78, 5) is 26.3. The lowest BCUT2D eigenvalue weighted by Crippen LogP contribution is -2.46. The molecule has 1 aliphatic rings. The summed E-state index contributed by atoms with van der Waals surface area (Å²) in [5.41, 5.74) is 0.432. The van der Waals surface area contributed by atoms with E-state index in [4.69, 9.17) is 4.74 Å². The van der Waals surface area contributed by atoms with Gasteiger partial charge in [0, 0.05) is 26.2 Å². The van der Waals surface area contributed by atoms with Crippen molar-refractivity contribution >= 4 is 11.8 Å². The molecule has 8 nitrogen and oxygen atoms in total. The number of methoxy groups -OCH3 is 1. The minimum Gasteiger partial charge on any atom is -0.504 e. The van der Waals surface area contributed by atoms with Crippen LogP contribution in [0.4, 0.5) is 4.39 Å². The van der Waals surface area contributed by atoms with Gasteiger partial charge in [-0.1, -0.05) is 0 Å². The molecule has 0 radical (unpaired) electrons. The molecule has 1 aromatic heterocycles. The third-order valence-corrected chi connectivity index (χ3v) is 4.70. The highest BCUT2D eigenvalue weighted by Gasteiger charge is 2.26. The Morgan fingerprint density at radius 1 is 1.29 bits per heavy atom. The van der Waals surface area contributed by atoms with Crippen LogP contribution in [-0.2, 0) is 9.53 Å². The van der Waals surface area contributed by atoms with E-state index in [-0.39, 0.29) is 29.2 Å². The second-order valence-corrected chi connectivity index (χ2v) is 6.66. The van der Waals surface area contributed by atoms with Crippen molar-refractivity contribution in [2.24, 2.45) is 0 Å². The van der Waals surface area contributed by atoms with Gasteiger partial charge in [-0.05, 0) is 37.1 Å². The normalized spacial score (nSPS) is 14.9. The molecule has 150 valence electrons. The van der Waals surface area contributed by atoms with Gasteiger partial charge in [0.2, 0.25) is 5.91 Å². The summed E-state index contributed by atoms with van der Waals surface area (Å²) in [6.45, 7) is 1.51. The number of aromatic hydroxyl groups is 1. The summed E-state index contributed by atoms with van der Waals surface area (Å²) in [7, 11) is 1.56. The van der Waals surface area contributed by atoms with Crippen LogP contribution in [0.5, 0.6) is 5.75 Å². The zero-order chi connectivity index (χ0) is 20.1. The lowest BCUT2D eigenvalue weighted by atomic mass is 10.0. The lowest BCUT2D eigenvalue weighted by Gasteiger charge is -2.32. The summed E-state index contributed by atoms with van der Waals surface area (Å²) in [5.74, 6) is -1.08. The number of nitrogens with zero attached hydrogens (tertiary/aromatic N) is 3. The number of halogens is 1. The number of carbonyl (C=O) groups is 2. The number of rotatable bonds is 6. The molecule has 0 spiro atoms. The number of benzene rings is 1. The first-order valence-corrected chi connectivity index (χ1v) is 9.10. The Bertz CT molecular complexity index is 829. The van der Waals surface area contributed by atoms with Crippen LogP contribution >= 0.6 is 0 Å². The molecule has 28 heavy (non-hydrogen) atoms. The van der Waals surface area contributed by atoms with Crippen LogP contribution in [0.25, 0.3) is 5.69 Å². The third-order valence-electron chi connectivity index (χ3n) is 4.70. The molecule has 0 aliphatic carbocycles. The molecular formula is C19H23FN4O4. The van der Waals surface area contributed by atoms with E-state index in [0.717, 1.165) is 0 Å². The predicted octanol–water partition coefficient (Wildman–Crippen LogP) is 1.47. The number of nitrogens with one attached hydrogen (secondary N) is 1. The largest absolute Gasteiger partial charge is 0.504 e. The van der Waals surface area contributed by atoms with Crippen molar-refractivity contribution in [2.75, 3.05) is 26.8 Å². The maximum absolute atomic E-state index is 13.0. The number of ether oxygens (including phenoxy) is 1. The summed E-state index contributed by atoms with van der Waals surface area (Å²) < 4.78 is 19.3. The quantitative estimate of drug-likeness (QED) is 0.779. The fourth-order valence-corrected chi connectivity index (χ4v) is 3.13. The fourth-order valence-electron chi connectivity index (χ4n) is 3.13. The van der Waals surface area contributed by atoms with E-state index < -0.39 is 5.91 Å². The van der Waals surface area contributed by atoms with Crippen LogP contribution in [0.2, 0.25) is 0 Å². The first-order valence-electron chi connectivity index (χ1n) is 9.10. The molecule has 2 heterocycles. The highest BCUT2D eigenvalue weighted by molar-refractivity contribution is 5.95. The smallest absolute Gasteiger partial charge is 0.275 e. The second kappa shape index (κ2) is 8.83. The zero-order valence-electron chi connectivity index (χ0n) is 15.6. The third kappa shape index (κ3) is 4.66. The number of hydrogen-bond donors (Lipinski definition) is 2. The number of amides is 2. The highest BCUT2D eigenvalue weighted by atomic mass is 19.1. The van der Waals surface area contributed by atoms with Crippen molar-refractivity contribution < 1.29 is 23.8 Å². The average molecular weight is 390 g/mol.